The number of thiazole rings is 1. The minimum atomic E-state index is -3.34. The average molecular weight is 484 g/mol. The first-order valence-electron chi connectivity index (χ1n) is 10.0. The van der Waals surface area contributed by atoms with E-state index in [0.29, 0.717) is 28.2 Å². The van der Waals surface area contributed by atoms with Gasteiger partial charge in [-0.25, -0.2) is 18.4 Å². The van der Waals surface area contributed by atoms with Crippen LogP contribution in [0.25, 0.3) is 0 Å². The number of sulfone groups is 1. The Morgan fingerprint density at radius 2 is 2.16 bits per heavy atom. The molecule has 0 radical (unpaired) electrons. The molecule has 1 atom stereocenters. The van der Waals surface area contributed by atoms with Crippen LogP contribution in [0.1, 0.15) is 44.3 Å². The van der Waals surface area contributed by atoms with Gasteiger partial charge in [0, 0.05) is 6.04 Å². The van der Waals surface area contributed by atoms with Gasteiger partial charge in [-0.2, -0.15) is 0 Å². The number of carbonyl (C=O) groups excluding carboxylic acids is 1. The van der Waals surface area contributed by atoms with Gasteiger partial charge in [0.25, 0.3) is 5.91 Å². The second-order valence-corrected chi connectivity index (χ2v) is 11.4. The van der Waals surface area contributed by atoms with Gasteiger partial charge in [-0.1, -0.05) is 31.2 Å². The fourth-order valence-corrected chi connectivity index (χ4v) is 6.06. The third-order valence-corrected chi connectivity index (χ3v) is 8.86. The molecular formula is C20H26ClN5O3S2. The average Bonchev–Trinajstić information content (AvgIpc) is 3.49. The molecule has 2 aliphatic rings. The number of piperazine rings is 1. The summed E-state index contributed by atoms with van der Waals surface area (Å²) in [6.07, 6.45) is 3.91. The van der Waals surface area contributed by atoms with Crippen LogP contribution in [0.4, 0.5) is 0 Å². The minimum Gasteiger partial charge on any atom is -0.333 e. The van der Waals surface area contributed by atoms with Crippen molar-refractivity contribution >= 4 is 50.4 Å². The summed E-state index contributed by atoms with van der Waals surface area (Å²) in [5.74, 6) is 0.686. The molecule has 8 nitrogen and oxygen atoms in total. The first-order valence-corrected chi connectivity index (χ1v) is 12.9. The van der Waals surface area contributed by atoms with E-state index in [9.17, 15) is 13.2 Å². The highest BCUT2D eigenvalue weighted by atomic mass is 35.5. The number of aromatic nitrogens is 1. The topological polar surface area (TPSA) is 104 Å². The molecule has 0 aromatic carbocycles. The van der Waals surface area contributed by atoms with Gasteiger partial charge < -0.3 is 5.32 Å². The maximum atomic E-state index is 13.3. The Labute approximate surface area is 191 Å². The van der Waals surface area contributed by atoms with Gasteiger partial charge in [0.2, 0.25) is 0 Å². The second-order valence-electron chi connectivity index (χ2n) is 7.44. The Hall–Kier alpha value is -2.04. The molecule has 3 rings (SSSR count). The Kier molecular flexibility index (Phi) is 7.02. The molecule has 1 saturated carbocycles. The summed E-state index contributed by atoms with van der Waals surface area (Å²) in [4.78, 5) is 28.0. The van der Waals surface area contributed by atoms with Gasteiger partial charge in [0.1, 0.15) is 14.4 Å². The van der Waals surface area contributed by atoms with Gasteiger partial charge in [-0.3, -0.25) is 14.7 Å². The SMILES string of the molecule is C=C(Cl)N=C1/C(=C\C)NC(=NCc2nc(C)c(S(=O)(=O)CC)s2)C(=O)N1[C@@H](C)C1CC1. The minimum absolute atomic E-state index is 0.0106. The highest BCUT2D eigenvalue weighted by Gasteiger charge is 2.42. The number of aliphatic imine (C=N–C) groups is 2. The number of halogens is 1. The van der Waals surface area contributed by atoms with E-state index in [-0.39, 0.29) is 39.4 Å². The molecule has 0 unspecified atom stereocenters. The fourth-order valence-electron chi connectivity index (χ4n) is 3.35. The van der Waals surface area contributed by atoms with Crippen LogP contribution in [0, 0.1) is 12.8 Å². The lowest BCUT2D eigenvalue weighted by Gasteiger charge is -2.36. The fraction of sp³-hybridized carbons (Fsp3) is 0.500. The number of hydrogen-bond donors (Lipinski definition) is 1. The van der Waals surface area contributed by atoms with E-state index in [1.807, 2.05) is 13.8 Å². The molecule has 2 heterocycles. The van der Waals surface area contributed by atoms with E-state index in [2.05, 4.69) is 26.9 Å². The zero-order chi connectivity index (χ0) is 22.9. The third-order valence-electron chi connectivity index (χ3n) is 5.20. The zero-order valence-corrected chi connectivity index (χ0v) is 20.4. The predicted molar refractivity (Wildman–Crippen MR) is 124 cm³/mol. The molecule has 1 aliphatic carbocycles. The quantitative estimate of drug-likeness (QED) is 0.598. The number of allylic oxidation sites excluding steroid dienone is 1. The lowest BCUT2D eigenvalue weighted by Crippen LogP contribution is -2.57. The number of amides is 1. The monoisotopic (exact) mass is 483 g/mol. The van der Waals surface area contributed by atoms with Crippen LogP contribution in [-0.2, 0) is 21.2 Å². The number of rotatable bonds is 7. The lowest BCUT2D eigenvalue weighted by molar-refractivity contribution is -0.122. The van der Waals surface area contributed by atoms with Crippen LogP contribution < -0.4 is 5.32 Å². The van der Waals surface area contributed by atoms with Gasteiger partial charge in [-0.05, 0) is 39.5 Å². The van der Waals surface area contributed by atoms with E-state index in [1.54, 1.807) is 24.8 Å². The number of nitrogens with one attached hydrogen (secondary N) is 1. The lowest BCUT2D eigenvalue weighted by atomic mass is 10.1. The Bertz CT molecular complexity index is 1100. The Balaban J connectivity index is 1.93. The molecule has 2 fully saturated rings. The van der Waals surface area contributed by atoms with Crippen molar-refractivity contribution in [3.63, 3.8) is 0 Å². The first kappa shape index (κ1) is 23.6. The molecule has 1 aromatic heterocycles. The highest BCUT2D eigenvalue weighted by molar-refractivity contribution is 7.93. The molecule has 168 valence electrons. The number of aryl methyl sites for hydroxylation is 1. The zero-order valence-electron chi connectivity index (χ0n) is 18.0. The molecular weight excluding hydrogens is 458 g/mol. The summed E-state index contributed by atoms with van der Waals surface area (Å²) in [7, 11) is -3.34. The van der Waals surface area contributed by atoms with Crippen molar-refractivity contribution in [1.82, 2.24) is 15.2 Å². The largest absolute Gasteiger partial charge is 0.333 e. The molecule has 31 heavy (non-hydrogen) atoms. The Morgan fingerprint density at radius 3 is 2.71 bits per heavy atom. The van der Waals surface area contributed by atoms with Crippen molar-refractivity contribution in [2.45, 2.75) is 57.3 Å². The van der Waals surface area contributed by atoms with Crippen molar-refractivity contribution in [2.75, 3.05) is 5.75 Å². The van der Waals surface area contributed by atoms with E-state index >= 15 is 0 Å². The molecule has 1 N–H and O–H groups in total. The van der Waals surface area contributed by atoms with Gasteiger partial charge >= 0.3 is 0 Å². The van der Waals surface area contributed by atoms with E-state index < -0.39 is 9.84 Å². The normalized spacial score (nSPS) is 22.3. The third kappa shape index (κ3) is 5.07. The number of nitrogens with zero attached hydrogens (tertiary/aromatic N) is 4. The number of amidine groups is 2. The van der Waals surface area contributed by atoms with Crippen molar-refractivity contribution < 1.29 is 13.2 Å². The Morgan fingerprint density at radius 1 is 1.48 bits per heavy atom. The van der Waals surface area contributed by atoms with Crippen molar-refractivity contribution in [1.29, 1.82) is 0 Å². The smallest absolute Gasteiger partial charge is 0.295 e. The maximum Gasteiger partial charge on any atom is 0.295 e. The molecule has 0 spiro atoms. The van der Waals surface area contributed by atoms with Crippen LogP contribution >= 0.6 is 22.9 Å². The summed E-state index contributed by atoms with van der Waals surface area (Å²) >= 11 is 7.02. The maximum absolute atomic E-state index is 13.3. The van der Waals surface area contributed by atoms with Crippen molar-refractivity contribution in [3.05, 3.63) is 34.2 Å². The predicted octanol–water partition coefficient (Wildman–Crippen LogP) is 3.39. The van der Waals surface area contributed by atoms with Gasteiger partial charge in [-0.15, -0.1) is 11.3 Å². The van der Waals surface area contributed by atoms with Crippen LogP contribution in [-0.4, -0.2) is 47.7 Å². The van der Waals surface area contributed by atoms with Crippen molar-refractivity contribution in [3.8, 4) is 0 Å². The van der Waals surface area contributed by atoms with E-state index in [4.69, 9.17) is 11.6 Å². The molecule has 1 amide bonds. The highest BCUT2D eigenvalue weighted by Crippen LogP contribution is 2.36. The second kappa shape index (κ2) is 9.22. The molecule has 1 aliphatic heterocycles. The molecule has 0 bridgehead atoms. The first-order chi connectivity index (χ1) is 14.6. The van der Waals surface area contributed by atoms with Gasteiger partial charge in [0.15, 0.2) is 21.5 Å². The summed E-state index contributed by atoms with van der Waals surface area (Å²) in [5, 5.41) is 3.65. The van der Waals surface area contributed by atoms with E-state index in [0.717, 1.165) is 24.2 Å². The summed E-state index contributed by atoms with van der Waals surface area (Å²) < 4.78 is 24.7. The van der Waals surface area contributed by atoms with Crippen LogP contribution in [0.2, 0.25) is 0 Å². The van der Waals surface area contributed by atoms with Crippen LogP contribution in [0.3, 0.4) is 0 Å². The van der Waals surface area contributed by atoms with E-state index in [1.165, 1.54) is 0 Å². The van der Waals surface area contributed by atoms with Crippen LogP contribution in [0.5, 0.6) is 0 Å². The summed E-state index contributed by atoms with van der Waals surface area (Å²) in [6, 6.07) is -0.0621. The molecule has 1 aromatic rings. The summed E-state index contributed by atoms with van der Waals surface area (Å²) in [5.41, 5.74) is 1.07. The van der Waals surface area contributed by atoms with Crippen molar-refractivity contribution in [2.24, 2.45) is 15.9 Å². The van der Waals surface area contributed by atoms with Gasteiger partial charge in [0.05, 0.1) is 23.7 Å². The number of hydrogen-bond acceptors (Lipinski definition) is 7. The number of carbonyl (C=O) groups is 1. The molecule has 11 heteroatoms. The standard InChI is InChI=1S/C20H26ClN5O3S2/c1-6-15-18(24-13(5)21)26(12(4)14-8-9-14)19(27)17(25-15)22-10-16-23-11(3)20(30-16)31(28,29)7-2/h6,12,14H,5,7-10H2,1-4H3,(H,22,25)/b15-6+,24-18?/t12-/m0/s1. The summed E-state index contributed by atoms with van der Waals surface area (Å²) in [6.45, 7) is 10.8. The molecule has 1 saturated heterocycles. The van der Waals surface area contributed by atoms with Crippen LogP contribution in [0.15, 0.2) is 37.7 Å².